The lowest BCUT2D eigenvalue weighted by molar-refractivity contribution is -0.138. The van der Waals surface area contributed by atoms with Gasteiger partial charge in [0.05, 0.1) is 23.7 Å². The molecular formula is C26H32ClF5N4O3. The lowest BCUT2D eigenvalue weighted by Crippen LogP contribution is -2.45. The lowest BCUT2D eigenvalue weighted by atomic mass is 10.0. The second kappa shape index (κ2) is 13.1. The Morgan fingerprint density at radius 1 is 1.10 bits per heavy atom. The highest BCUT2D eigenvalue weighted by Crippen LogP contribution is 2.40. The Morgan fingerprint density at radius 2 is 1.74 bits per heavy atom. The summed E-state index contributed by atoms with van der Waals surface area (Å²) in [4.78, 5) is 26.1. The van der Waals surface area contributed by atoms with Crippen molar-refractivity contribution in [3.05, 3.63) is 41.6 Å². The van der Waals surface area contributed by atoms with Gasteiger partial charge in [0.1, 0.15) is 12.3 Å². The number of carboxylic acid groups (broad SMARTS) is 1. The molecule has 216 valence electrons. The maximum Gasteiger partial charge on any atom is 0.417 e. The number of likely N-dealkylation sites (tertiary alicyclic amines) is 1. The van der Waals surface area contributed by atoms with Gasteiger partial charge in [-0.1, -0.05) is 31.0 Å². The van der Waals surface area contributed by atoms with Crippen LogP contribution >= 0.6 is 12.4 Å². The van der Waals surface area contributed by atoms with E-state index in [1.54, 1.807) is 4.90 Å². The van der Waals surface area contributed by atoms with Gasteiger partial charge in [-0.2, -0.15) is 18.3 Å². The number of aliphatic carboxylic acids is 1. The third-order valence-electron chi connectivity index (χ3n) is 7.12. The van der Waals surface area contributed by atoms with Crippen molar-refractivity contribution in [1.29, 1.82) is 0 Å². The summed E-state index contributed by atoms with van der Waals surface area (Å²) < 4.78 is 70.3. The largest absolute Gasteiger partial charge is 0.481 e. The molecule has 1 saturated carbocycles. The van der Waals surface area contributed by atoms with Crippen molar-refractivity contribution in [2.45, 2.75) is 75.5 Å². The van der Waals surface area contributed by atoms with E-state index in [9.17, 15) is 36.6 Å². The molecule has 2 aliphatic rings. The van der Waals surface area contributed by atoms with Crippen LogP contribution in [0.3, 0.4) is 0 Å². The molecule has 2 aromatic rings. The van der Waals surface area contributed by atoms with E-state index in [2.05, 4.69) is 10.4 Å². The third kappa shape index (κ3) is 7.91. The smallest absolute Gasteiger partial charge is 0.417 e. The molecule has 1 aliphatic carbocycles. The van der Waals surface area contributed by atoms with Crippen molar-refractivity contribution in [3.8, 4) is 11.3 Å². The molecule has 7 nitrogen and oxygen atoms in total. The number of hydrogen-bond acceptors (Lipinski definition) is 4. The number of aromatic nitrogens is 2. The summed E-state index contributed by atoms with van der Waals surface area (Å²) in [5, 5.41) is 16.3. The number of piperidine rings is 1. The quantitative estimate of drug-likeness (QED) is 0.386. The van der Waals surface area contributed by atoms with E-state index in [1.807, 2.05) is 0 Å². The van der Waals surface area contributed by atoms with E-state index >= 15 is 0 Å². The zero-order valence-electron chi connectivity index (χ0n) is 21.2. The van der Waals surface area contributed by atoms with Crippen LogP contribution < -0.4 is 5.32 Å². The number of amides is 1. The van der Waals surface area contributed by atoms with Gasteiger partial charge in [0.15, 0.2) is 5.69 Å². The van der Waals surface area contributed by atoms with Crippen LogP contribution in [0, 0.1) is 0 Å². The molecule has 2 N–H and O–H groups in total. The molecule has 1 saturated heterocycles. The molecule has 0 bridgehead atoms. The Hall–Kier alpha value is -2.73. The van der Waals surface area contributed by atoms with Crippen LogP contribution in [0.5, 0.6) is 0 Å². The van der Waals surface area contributed by atoms with Gasteiger partial charge in [-0.3, -0.25) is 19.2 Å². The van der Waals surface area contributed by atoms with E-state index < -0.39 is 48.4 Å². The van der Waals surface area contributed by atoms with E-state index in [1.165, 1.54) is 28.9 Å². The normalized spacial score (nSPS) is 21.4. The number of alkyl halides is 5. The van der Waals surface area contributed by atoms with Gasteiger partial charge in [-0.05, 0) is 31.4 Å². The Balaban J connectivity index is 0.00000420. The zero-order chi connectivity index (χ0) is 27.4. The van der Waals surface area contributed by atoms with Crippen LogP contribution in [0.1, 0.15) is 67.0 Å². The molecule has 1 aromatic carbocycles. The van der Waals surface area contributed by atoms with Crippen molar-refractivity contribution in [3.63, 3.8) is 0 Å². The monoisotopic (exact) mass is 578 g/mol. The van der Waals surface area contributed by atoms with Crippen LogP contribution in [0.15, 0.2) is 30.3 Å². The molecule has 1 amide bonds. The second-order valence-corrected chi connectivity index (χ2v) is 10.1. The number of halogens is 6. The first kappa shape index (κ1) is 30.8. The van der Waals surface area contributed by atoms with Crippen LogP contribution in [-0.2, 0) is 11.0 Å². The first-order valence-electron chi connectivity index (χ1n) is 12.8. The summed E-state index contributed by atoms with van der Waals surface area (Å²) in [6.07, 6.45) is -4.50. The fourth-order valence-electron chi connectivity index (χ4n) is 5.37. The predicted molar refractivity (Wildman–Crippen MR) is 136 cm³/mol. The highest BCUT2D eigenvalue weighted by Gasteiger charge is 2.35. The van der Waals surface area contributed by atoms with Gasteiger partial charge in [0.25, 0.3) is 5.91 Å². The number of carbonyl (C=O) groups is 2. The maximum absolute atomic E-state index is 13.8. The second-order valence-electron chi connectivity index (χ2n) is 10.1. The number of nitrogens with zero attached hydrogens (tertiary/aromatic N) is 3. The molecule has 4 rings (SSSR count). The average molecular weight is 579 g/mol. The molecule has 0 radical (unpaired) electrons. The summed E-state index contributed by atoms with van der Waals surface area (Å²) in [7, 11) is 0. The molecule has 13 heteroatoms. The molecule has 2 heterocycles. The van der Waals surface area contributed by atoms with Gasteiger partial charge >= 0.3 is 12.1 Å². The Kier molecular flexibility index (Phi) is 10.3. The maximum atomic E-state index is 13.8. The number of nitrogens with one attached hydrogen (secondary N) is 1. The van der Waals surface area contributed by atoms with E-state index in [4.69, 9.17) is 0 Å². The van der Waals surface area contributed by atoms with Crippen LogP contribution in [0.4, 0.5) is 22.0 Å². The molecule has 1 aromatic heterocycles. The summed E-state index contributed by atoms with van der Waals surface area (Å²) >= 11 is 0. The number of rotatable bonds is 9. The number of carbonyl (C=O) groups excluding carboxylic acids is 1. The molecule has 2 fully saturated rings. The minimum Gasteiger partial charge on any atom is -0.481 e. The third-order valence-corrected chi connectivity index (χ3v) is 7.12. The van der Waals surface area contributed by atoms with Gasteiger partial charge in [-0.15, -0.1) is 12.4 Å². The molecule has 3 atom stereocenters. The number of carboxylic acids is 1. The van der Waals surface area contributed by atoms with Gasteiger partial charge in [0, 0.05) is 37.7 Å². The first-order chi connectivity index (χ1) is 18.0. The fourth-order valence-corrected chi connectivity index (χ4v) is 5.37. The summed E-state index contributed by atoms with van der Waals surface area (Å²) in [5.41, 5.74) is -0.883. The van der Waals surface area contributed by atoms with Crippen molar-refractivity contribution in [2.24, 2.45) is 0 Å². The molecule has 2 unspecified atom stereocenters. The molecule has 1 aliphatic heterocycles. The summed E-state index contributed by atoms with van der Waals surface area (Å²) in [5.74, 6) is -1.89. The minimum atomic E-state index is -4.61. The van der Waals surface area contributed by atoms with Gasteiger partial charge in [-0.25, -0.2) is 8.78 Å². The van der Waals surface area contributed by atoms with E-state index in [0.29, 0.717) is 12.8 Å². The van der Waals surface area contributed by atoms with E-state index in [-0.39, 0.29) is 67.9 Å². The first-order valence-corrected chi connectivity index (χ1v) is 12.8. The molecular weight excluding hydrogens is 547 g/mol. The fraction of sp³-hybridized carbons (Fsp3) is 0.577. The van der Waals surface area contributed by atoms with Crippen LogP contribution in [-0.4, -0.2) is 69.7 Å². The summed E-state index contributed by atoms with van der Waals surface area (Å²) in [6.45, 7) is 0.240. The zero-order valence-corrected chi connectivity index (χ0v) is 22.0. The van der Waals surface area contributed by atoms with Gasteiger partial charge in [0.2, 0.25) is 0 Å². The topological polar surface area (TPSA) is 87.5 Å². The average Bonchev–Trinajstić information content (AvgIpc) is 3.51. The van der Waals surface area contributed by atoms with Gasteiger partial charge < -0.3 is 10.4 Å². The van der Waals surface area contributed by atoms with Crippen molar-refractivity contribution in [2.75, 3.05) is 19.6 Å². The van der Waals surface area contributed by atoms with Crippen LogP contribution in [0.25, 0.3) is 11.3 Å². The van der Waals surface area contributed by atoms with Crippen molar-refractivity contribution < 1.29 is 36.6 Å². The van der Waals surface area contributed by atoms with Crippen molar-refractivity contribution >= 4 is 24.3 Å². The minimum absolute atomic E-state index is 0. The number of hydrogen-bond donors (Lipinski definition) is 2. The predicted octanol–water partition coefficient (Wildman–Crippen LogP) is 5.45. The van der Waals surface area contributed by atoms with Crippen molar-refractivity contribution in [1.82, 2.24) is 20.0 Å². The Labute approximate surface area is 229 Å². The summed E-state index contributed by atoms with van der Waals surface area (Å²) in [6, 6.07) is 5.39. The van der Waals surface area contributed by atoms with E-state index in [0.717, 1.165) is 18.9 Å². The lowest BCUT2D eigenvalue weighted by Gasteiger charge is -2.32. The highest BCUT2D eigenvalue weighted by atomic mass is 35.5. The molecule has 0 spiro atoms. The number of benzene rings is 1. The Morgan fingerprint density at radius 3 is 2.36 bits per heavy atom. The SMILES string of the molecule is Cl.O=C(O)C[C@H](CCN1CC(F)CC(F)C1)NC(=O)c1cc(-c2ccccc2C(F)(F)F)n(C2CCCC2)n1. The molecule has 39 heavy (non-hydrogen) atoms. The standard InChI is InChI=1S/C26H31F5N4O3.ClH/c27-16-11-17(28)15-34(14-16)10-9-18(12-24(36)37)32-25(38)22-13-23(35(33-22)19-5-1-2-6-19)20-7-3-4-8-21(20)26(29,30)31;/h3-4,7-8,13,16-19H,1-2,5-6,9-12,14-15H2,(H,32,38)(H,36,37);1H/t16?,17?,18-;/m0./s1. The highest BCUT2D eigenvalue weighted by molar-refractivity contribution is 5.94. The Bertz CT molecular complexity index is 1130. The van der Waals surface area contributed by atoms with Crippen LogP contribution in [0.2, 0.25) is 0 Å².